The molecule has 116 valence electrons. The van der Waals surface area contributed by atoms with Crippen LogP contribution >= 0.6 is 11.6 Å². The molecule has 0 fully saturated rings. The number of rotatable bonds is 4. The first-order valence-electron chi connectivity index (χ1n) is 7.26. The molecule has 0 aliphatic rings. The van der Waals surface area contributed by atoms with Crippen molar-refractivity contribution in [3.05, 3.63) is 65.3 Å². The summed E-state index contributed by atoms with van der Waals surface area (Å²) in [4.78, 5) is 16.1. The first-order chi connectivity index (χ1) is 11.2. The molecule has 0 saturated heterocycles. The summed E-state index contributed by atoms with van der Waals surface area (Å²) >= 11 is 6.18. The average molecular weight is 327 g/mol. The van der Waals surface area contributed by atoms with E-state index in [4.69, 9.17) is 16.3 Å². The summed E-state index contributed by atoms with van der Waals surface area (Å²) in [6.45, 7) is 2.14. The number of aromatic nitrogens is 1. The van der Waals surface area contributed by atoms with E-state index < -0.39 is 0 Å². The lowest BCUT2D eigenvalue weighted by atomic mass is 10.1. The van der Waals surface area contributed by atoms with Crippen molar-refractivity contribution in [2.75, 3.05) is 11.9 Å². The van der Waals surface area contributed by atoms with E-state index in [2.05, 4.69) is 10.3 Å². The third kappa shape index (κ3) is 3.27. The number of fused-ring (bicyclic) bond motifs is 1. The Balaban J connectivity index is 1.95. The number of esters is 1. The first-order valence-corrected chi connectivity index (χ1v) is 7.64. The molecule has 0 amide bonds. The van der Waals surface area contributed by atoms with Gasteiger partial charge in [-0.25, -0.2) is 4.79 Å². The van der Waals surface area contributed by atoms with E-state index in [0.29, 0.717) is 17.2 Å². The number of pyridine rings is 1. The Hall–Kier alpha value is -2.59. The zero-order valence-corrected chi connectivity index (χ0v) is 13.3. The van der Waals surface area contributed by atoms with Gasteiger partial charge in [-0.1, -0.05) is 29.8 Å². The molecule has 0 saturated carbocycles. The van der Waals surface area contributed by atoms with Crippen LogP contribution in [-0.2, 0) is 4.74 Å². The molecule has 0 bridgehead atoms. The van der Waals surface area contributed by atoms with Gasteiger partial charge in [0.05, 0.1) is 22.7 Å². The molecule has 23 heavy (non-hydrogen) atoms. The number of benzene rings is 2. The monoisotopic (exact) mass is 326 g/mol. The fourth-order valence-electron chi connectivity index (χ4n) is 2.34. The topological polar surface area (TPSA) is 51.2 Å². The fourth-order valence-corrected chi connectivity index (χ4v) is 2.57. The van der Waals surface area contributed by atoms with Gasteiger partial charge in [-0.2, -0.15) is 0 Å². The largest absolute Gasteiger partial charge is 0.462 e. The van der Waals surface area contributed by atoms with Gasteiger partial charge in [0.2, 0.25) is 0 Å². The maximum Gasteiger partial charge on any atom is 0.338 e. The van der Waals surface area contributed by atoms with Crippen LogP contribution in [0.2, 0.25) is 5.02 Å². The molecule has 0 spiro atoms. The summed E-state index contributed by atoms with van der Waals surface area (Å²) in [5.74, 6) is -0.334. The minimum atomic E-state index is -0.334. The fraction of sp³-hybridized carbons (Fsp3) is 0.111. The Morgan fingerprint density at radius 2 is 2.04 bits per heavy atom. The molecule has 2 aromatic carbocycles. The molecule has 1 N–H and O–H groups in total. The molecule has 5 heteroatoms. The third-order valence-corrected chi connectivity index (χ3v) is 3.68. The zero-order valence-electron chi connectivity index (χ0n) is 12.5. The lowest BCUT2D eigenvalue weighted by molar-refractivity contribution is 0.0526. The van der Waals surface area contributed by atoms with Crippen molar-refractivity contribution in [1.29, 1.82) is 0 Å². The molecule has 0 unspecified atom stereocenters. The summed E-state index contributed by atoms with van der Waals surface area (Å²) < 4.78 is 5.02. The van der Waals surface area contributed by atoms with Crippen molar-refractivity contribution in [1.82, 2.24) is 4.98 Å². The number of carbonyl (C=O) groups excluding carboxylic acids is 1. The van der Waals surface area contributed by atoms with Crippen LogP contribution in [0.25, 0.3) is 10.9 Å². The number of para-hydroxylation sites is 1. The van der Waals surface area contributed by atoms with Crippen LogP contribution in [0.15, 0.2) is 54.7 Å². The number of carbonyl (C=O) groups is 1. The molecule has 0 atom stereocenters. The second-order valence-corrected chi connectivity index (χ2v) is 5.33. The number of ether oxygens (including phenoxy) is 1. The minimum absolute atomic E-state index is 0.334. The van der Waals surface area contributed by atoms with Crippen LogP contribution in [0, 0.1) is 0 Å². The van der Waals surface area contributed by atoms with Gasteiger partial charge in [0, 0.05) is 23.0 Å². The van der Waals surface area contributed by atoms with Crippen molar-refractivity contribution in [3.8, 4) is 0 Å². The summed E-state index contributed by atoms with van der Waals surface area (Å²) in [7, 11) is 0. The van der Waals surface area contributed by atoms with Crippen LogP contribution in [0.4, 0.5) is 11.4 Å². The Morgan fingerprint density at radius 3 is 2.87 bits per heavy atom. The summed E-state index contributed by atoms with van der Waals surface area (Å²) in [6.07, 6.45) is 1.70. The molecule has 0 aliphatic carbocycles. The SMILES string of the molecule is CCOC(=O)c1cccc(Nc2ccnc3c(Cl)cccc23)c1. The predicted molar refractivity (Wildman–Crippen MR) is 92.4 cm³/mol. The van der Waals surface area contributed by atoms with Crippen molar-refractivity contribution in [3.63, 3.8) is 0 Å². The van der Waals surface area contributed by atoms with Gasteiger partial charge in [0.25, 0.3) is 0 Å². The van der Waals surface area contributed by atoms with Gasteiger partial charge >= 0.3 is 5.97 Å². The molecule has 0 aliphatic heterocycles. The second-order valence-electron chi connectivity index (χ2n) is 4.92. The molecule has 3 rings (SSSR count). The molecular weight excluding hydrogens is 312 g/mol. The van der Waals surface area contributed by atoms with Crippen LogP contribution in [0.5, 0.6) is 0 Å². The van der Waals surface area contributed by atoms with Crippen LogP contribution in [0.1, 0.15) is 17.3 Å². The Morgan fingerprint density at radius 1 is 1.22 bits per heavy atom. The number of hydrogen-bond acceptors (Lipinski definition) is 4. The van der Waals surface area contributed by atoms with Crippen LogP contribution < -0.4 is 5.32 Å². The Bertz CT molecular complexity index is 865. The van der Waals surface area contributed by atoms with E-state index in [-0.39, 0.29) is 5.97 Å². The second kappa shape index (κ2) is 6.67. The van der Waals surface area contributed by atoms with Crippen molar-refractivity contribution in [2.24, 2.45) is 0 Å². The van der Waals surface area contributed by atoms with Gasteiger partial charge in [0.15, 0.2) is 0 Å². The molecule has 1 heterocycles. The van der Waals surface area contributed by atoms with Gasteiger partial charge < -0.3 is 10.1 Å². The van der Waals surface area contributed by atoms with Crippen LogP contribution in [-0.4, -0.2) is 17.6 Å². The summed E-state index contributed by atoms with van der Waals surface area (Å²) in [5.41, 5.74) is 2.91. The van der Waals surface area contributed by atoms with Crippen molar-refractivity contribution < 1.29 is 9.53 Å². The van der Waals surface area contributed by atoms with Crippen LogP contribution in [0.3, 0.4) is 0 Å². The molecule has 1 aromatic heterocycles. The summed E-state index contributed by atoms with van der Waals surface area (Å²) in [5, 5.41) is 4.83. The standard InChI is InChI=1S/C18H15ClN2O2/c1-2-23-18(22)12-5-3-6-13(11-12)21-16-9-10-20-17-14(16)7-4-8-15(17)19/h3-11H,2H2,1H3,(H,20,21). The number of halogens is 1. The average Bonchev–Trinajstić information content (AvgIpc) is 2.56. The smallest absolute Gasteiger partial charge is 0.338 e. The molecule has 4 nitrogen and oxygen atoms in total. The Kier molecular flexibility index (Phi) is 4.44. The van der Waals surface area contributed by atoms with Crippen molar-refractivity contribution in [2.45, 2.75) is 6.92 Å². The number of nitrogens with one attached hydrogen (secondary N) is 1. The van der Waals surface area contributed by atoms with Gasteiger partial charge in [0.1, 0.15) is 0 Å². The normalized spacial score (nSPS) is 10.5. The summed E-state index contributed by atoms with van der Waals surface area (Å²) in [6, 6.07) is 14.7. The number of hydrogen-bond donors (Lipinski definition) is 1. The lowest BCUT2D eigenvalue weighted by Crippen LogP contribution is -2.05. The van der Waals surface area contributed by atoms with E-state index >= 15 is 0 Å². The highest BCUT2D eigenvalue weighted by Crippen LogP contribution is 2.29. The quantitative estimate of drug-likeness (QED) is 0.699. The highest BCUT2D eigenvalue weighted by atomic mass is 35.5. The zero-order chi connectivity index (χ0) is 16.2. The lowest BCUT2D eigenvalue weighted by Gasteiger charge is -2.11. The van der Waals surface area contributed by atoms with E-state index in [1.807, 2.05) is 36.4 Å². The van der Waals surface area contributed by atoms with E-state index in [1.54, 1.807) is 25.3 Å². The van der Waals surface area contributed by atoms with Gasteiger partial charge in [-0.05, 0) is 37.3 Å². The molecular formula is C18H15ClN2O2. The minimum Gasteiger partial charge on any atom is -0.462 e. The van der Waals surface area contributed by atoms with E-state index in [1.165, 1.54) is 0 Å². The third-order valence-electron chi connectivity index (χ3n) is 3.37. The first kappa shape index (κ1) is 15.3. The number of anilines is 2. The molecule has 3 aromatic rings. The van der Waals surface area contributed by atoms with Gasteiger partial charge in [-0.15, -0.1) is 0 Å². The van der Waals surface area contributed by atoms with E-state index in [0.717, 1.165) is 22.3 Å². The van der Waals surface area contributed by atoms with Gasteiger partial charge in [-0.3, -0.25) is 4.98 Å². The maximum atomic E-state index is 11.8. The predicted octanol–water partition coefficient (Wildman–Crippen LogP) is 4.81. The maximum absolute atomic E-state index is 11.8. The van der Waals surface area contributed by atoms with Crippen molar-refractivity contribution >= 4 is 39.8 Å². The molecule has 0 radical (unpaired) electrons. The highest BCUT2D eigenvalue weighted by molar-refractivity contribution is 6.35. The van der Waals surface area contributed by atoms with E-state index in [9.17, 15) is 4.79 Å². The Labute approximate surface area is 139 Å². The number of nitrogens with zero attached hydrogens (tertiary/aromatic N) is 1. The highest BCUT2D eigenvalue weighted by Gasteiger charge is 2.09.